The molecule has 0 saturated carbocycles. The zero-order valence-corrected chi connectivity index (χ0v) is 15.2. The second-order valence-corrected chi connectivity index (χ2v) is 6.88. The number of rotatable bonds is 12. The Kier molecular flexibility index (Phi) is 12.2. The molecular formula is C23H33NaO. The third-order valence-electron chi connectivity index (χ3n) is 4.85. The van der Waals surface area contributed by atoms with Crippen LogP contribution in [-0.4, -0.2) is 35.3 Å². The first-order chi connectivity index (χ1) is 11.8. The van der Waals surface area contributed by atoms with Crippen molar-refractivity contribution in [2.24, 2.45) is 0 Å². The number of carbonyl (C=O) groups excluding carboxylic acids is 1. The van der Waals surface area contributed by atoms with E-state index in [1.54, 1.807) is 0 Å². The third-order valence-corrected chi connectivity index (χ3v) is 4.85. The molecule has 0 saturated heterocycles. The molecule has 25 heavy (non-hydrogen) atoms. The van der Waals surface area contributed by atoms with Gasteiger partial charge in [-0.3, -0.25) is 4.79 Å². The van der Waals surface area contributed by atoms with Crippen LogP contribution in [0, 0.1) is 0 Å². The first-order valence-electron chi connectivity index (χ1n) is 9.84. The van der Waals surface area contributed by atoms with E-state index in [-0.39, 0.29) is 29.6 Å². The summed E-state index contributed by atoms with van der Waals surface area (Å²) in [7, 11) is 0. The van der Waals surface area contributed by atoms with Crippen LogP contribution in [0.15, 0.2) is 42.5 Å². The summed E-state index contributed by atoms with van der Waals surface area (Å²) in [5.41, 5.74) is 0.893. The fourth-order valence-electron chi connectivity index (χ4n) is 3.38. The molecule has 0 aliphatic heterocycles. The SMILES string of the molecule is CCCCCCCCCCCCC(=O)c1cccc2ccccc12.[NaH]. The number of ketones is 1. The van der Waals surface area contributed by atoms with Gasteiger partial charge in [-0.25, -0.2) is 0 Å². The van der Waals surface area contributed by atoms with Gasteiger partial charge in [0, 0.05) is 12.0 Å². The molecule has 0 N–H and O–H groups in total. The maximum absolute atomic E-state index is 12.5. The van der Waals surface area contributed by atoms with Gasteiger partial charge in [-0.1, -0.05) is 107 Å². The normalized spacial score (nSPS) is 10.6. The Labute approximate surface area is 175 Å². The van der Waals surface area contributed by atoms with E-state index in [0.717, 1.165) is 22.8 Å². The fraction of sp³-hybridized carbons (Fsp3) is 0.522. The molecular weight excluding hydrogens is 315 g/mol. The van der Waals surface area contributed by atoms with Gasteiger partial charge in [-0.15, -0.1) is 0 Å². The predicted octanol–water partition coefficient (Wildman–Crippen LogP) is 6.69. The van der Waals surface area contributed by atoms with Crippen molar-refractivity contribution in [2.75, 3.05) is 0 Å². The van der Waals surface area contributed by atoms with Gasteiger partial charge in [0.15, 0.2) is 5.78 Å². The second-order valence-electron chi connectivity index (χ2n) is 6.88. The monoisotopic (exact) mass is 348 g/mol. The van der Waals surface area contributed by atoms with Gasteiger partial charge < -0.3 is 0 Å². The average molecular weight is 349 g/mol. The van der Waals surface area contributed by atoms with Crippen molar-refractivity contribution < 1.29 is 4.79 Å². The van der Waals surface area contributed by atoms with Crippen LogP contribution in [0.5, 0.6) is 0 Å². The van der Waals surface area contributed by atoms with Gasteiger partial charge in [0.2, 0.25) is 0 Å². The standard InChI is InChI=1S/C23H32O.Na.H/c1-2-3-4-5-6-7-8-9-10-11-19-23(24)22-18-14-16-20-15-12-13-17-21(20)22;;/h12-18H,2-11,19H2,1H3;;. The Balaban J connectivity index is 0.00000312. The molecule has 0 fully saturated rings. The summed E-state index contributed by atoms with van der Waals surface area (Å²) in [4.78, 5) is 12.5. The van der Waals surface area contributed by atoms with Crippen molar-refractivity contribution in [3.05, 3.63) is 48.0 Å². The molecule has 132 valence electrons. The van der Waals surface area contributed by atoms with E-state index in [2.05, 4.69) is 25.1 Å². The molecule has 2 aromatic rings. The molecule has 0 bridgehead atoms. The maximum atomic E-state index is 12.5. The van der Waals surface area contributed by atoms with Crippen molar-refractivity contribution in [1.29, 1.82) is 0 Å². The summed E-state index contributed by atoms with van der Waals surface area (Å²) in [5.74, 6) is 0.298. The van der Waals surface area contributed by atoms with E-state index >= 15 is 0 Å². The van der Waals surface area contributed by atoms with Crippen LogP contribution in [0.2, 0.25) is 0 Å². The van der Waals surface area contributed by atoms with Crippen LogP contribution in [-0.2, 0) is 0 Å². The van der Waals surface area contributed by atoms with Crippen LogP contribution in [0.3, 0.4) is 0 Å². The molecule has 2 aromatic carbocycles. The Bertz CT molecular complexity index is 615. The zero-order valence-electron chi connectivity index (χ0n) is 15.2. The van der Waals surface area contributed by atoms with E-state index in [4.69, 9.17) is 0 Å². The quantitative estimate of drug-likeness (QED) is 0.237. The fourth-order valence-corrected chi connectivity index (χ4v) is 3.38. The summed E-state index contributed by atoms with van der Waals surface area (Å²) >= 11 is 0. The summed E-state index contributed by atoms with van der Waals surface area (Å²) < 4.78 is 0. The number of fused-ring (bicyclic) bond motifs is 1. The van der Waals surface area contributed by atoms with Crippen LogP contribution >= 0.6 is 0 Å². The van der Waals surface area contributed by atoms with E-state index < -0.39 is 0 Å². The van der Waals surface area contributed by atoms with Gasteiger partial charge >= 0.3 is 29.6 Å². The minimum atomic E-state index is 0. The first kappa shape index (κ1) is 22.4. The number of unbranched alkanes of at least 4 members (excludes halogenated alkanes) is 9. The summed E-state index contributed by atoms with van der Waals surface area (Å²) in [6, 6.07) is 14.2. The molecule has 2 heteroatoms. The first-order valence-corrected chi connectivity index (χ1v) is 9.84. The number of Topliss-reactive ketones (excluding diaryl/α,β-unsaturated/α-hetero) is 1. The van der Waals surface area contributed by atoms with Gasteiger partial charge in [-0.2, -0.15) is 0 Å². The molecule has 0 amide bonds. The van der Waals surface area contributed by atoms with Crippen LogP contribution < -0.4 is 0 Å². The Hall–Kier alpha value is -0.630. The molecule has 0 aliphatic rings. The van der Waals surface area contributed by atoms with Crippen molar-refractivity contribution in [3.63, 3.8) is 0 Å². The predicted molar refractivity (Wildman–Crippen MR) is 112 cm³/mol. The summed E-state index contributed by atoms with van der Waals surface area (Å²) in [6.45, 7) is 2.26. The average Bonchev–Trinajstić information content (AvgIpc) is 2.62. The van der Waals surface area contributed by atoms with Gasteiger partial charge in [0.25, 0.3) is 0 Å². The Morgan fingerprint density at radius 2 is 1.28 bits per heavy atom. The molecule has 0 spiro atoms. The van der Waals surface area contributed by atoms with E-state index in [9.17, 15) is 4.79 Å². The topological polar surface area (TPSA) is 17.1 Å². The van der Waals surface area contributed by atoms with Gasteiger partial charge in [0.1, 0.15) is 0 Å². The van der Waals surface area contributed by atoms with Crippen LogP contribution in [0.25, 0.3) is 10.8 Å². The second kappa shape index (κ2) is 13.6. The molecule has 0 heterocycles. The van der Waals surface area contributed by atoms with Crippen molar-refractivity contribution in [1.82, 2.24) is 0 Å². The zero-order chi connectivity index (χ0) is 17.0. The van der Waals surface area contributed by atoms with Crippen molar-refractivity contribution in [2.45, 2.75) is 77.6 Å². The van der Waals surface area contributed by atoms with E-state index in [1.165, 1.54) is 57.8 Å². The molecule has 0 radical (unpaired) electrons. The molecule has 0 aliphatic carbocycles. The van der Waals surface area contributed by atoms with Gasteiger partial charge in [-0.05, 0) is 17.2 Å². The minimum absolute atomic E-state index is 0. The van der Waals surface area contributed by atoms with Crippen LogP contribution in [0.1, 0.15) is 87.9 Å². The summed E-state index contributed by atoms with van der Waals surface area (Å²) in [6.07, 6.45) is 13.7. The van der Waals surface area contributed by atoms with Crippen molar-refractivity contribution >= 4 is 46.1 Å². The molecule has 0 atom stereocenters. The van der Waals surface area contributed by atoms with Gasteiger partial charge in [0.05, 0.1) is 0 Å². The Morgan fingerprint density at radius 1 is 0.720 bits per heavy atom. The number of hydrogen-bond acceptors (Lipinski definition) is 1. The summed E-state index contributed by atoms with van der Waals surface area (Å²) in [5, 5.41) is 2.25. The molecule has 0 unspecified atom stereocenters. The van der Waals surface area contributed by atoms with E-state index in [1.807, 2.05) is 24.3 Å². The third kappa shape index (κ3) is 8.07. The number of hydrogen-bond donors (Lipinski definition) is 0. The Morgan fingerprint density at radius 3 is 1.96 bits per heavy atom. The molecule has 0 aromatic heterocycles. The van der Waals surface area contributed by atoms with Crippen LogP contribution in [0.4, 0.5) is 0 Å². The van der Waals surface area contributed by atoms with E-state index in [0.29, 0.717) is 12.2 Å². The molecule has 2 rings (SSSR count). The van der Waals surface area contributed by atoms with Crippen molar-refractivity contribution in [3.8, 4) is 0 Å². The number of carbonyl (C=O) groups is 1. The molecule has 1 nitrogen and oxygen atoms in total. The number of benzene rings is 2.